The number of carbonyl (C=O) groups is 1. The van der Waals surface area contributed by atoms with Gasteiger partial charge in [-0.25, -0.2) is 4.98 Å². The van der Waals surface area contributed by atoms with Crippen LogP contribution in [0.3, 0.4) is 0 Å². The van der Waals surface area contributed by atoms with Crippen molar-refractivity contribution in [2.75, 3.05) is 6.54 Å². The van der Waals surface area contributed by atoms with E-state index in [4.69, 9.17) is 4.42 Å². The third-order valence-corrected chi connectivity index (χ3v) is 3.69. The summed E-state index contributed by atoms with van der Waals surface area (Å²) in [5, 5.41) is 0. The van der Waals surface area contributed by atoms with Crippen molar-refractivity contribution in [1.29, 1.82) is 0 Å². The number of amides is 1. The van der Waals surface area contributed by atoms with Crippen molar-refractivity contribution in [2.24, 2.45) is 0 Å². The van der Waals surface area contributed by atoms with Crippen LogP contribution in [0.15, 0.2) is 47.2 Å². The maximum Gasteiger partial charge on any atom is 0.289 e. The van der Waals surface area contributed by atoms with E-state index in [-0.39, 0.29) is 5.91 Å². The van der Waals surface area contributed by atoms with E-state index < -0.39 is 0 Å². The van der Waals surface area contributed by atoms with E-state index in [9.17, 15) is 4.79 Å². The Morgan fingerprint density at radius 1 is 1.25 bits per heavy atom. The molecule has 0 aliphatic carbocycles. The van der Waals surface area contributed by atoms with Gasteiger partial charge in [0.1, 0.15) is 5.65 Å². The molecule has 5 nitrogen and oxygen atoms in total. The van der Waals surface area contributed by atoms with Gasteiger partial charge in [-0.3, -0.25) is 4.79 Å². The molecule has 3 aromatic heterocycles. The predicted molar refractivity (Wildman–Crippen MR) is 72.3 cm³/mol. The third kappa shape index (κ3) is 1.63. The first-order chi connectivity index (χ1) is 9.83. The topological polar surface area (TPSA) is 50.8 Å². The number of hydrogen-bond donors (Lipinski definition) is 0. The maximum atomic E-state index is 12.3. The molecule has 0 atom stereocenters. The molecule has 1 aliphatic rings. The quantitative estimate of drug-likeness (QED) is 0.678. The molecule has 4 heterocycles. The van der Waals surface area contributed by atoms with Crippen molar-refractivity contribution in [1.82, 2.24) is 14.3 Å². The van der Waals surface area contributed by atoms with Gasteiger partial charge in [-0.05, 0) is 24.3 Å². The second-order valence-electron chi connectivity index (χ2n) is 4.89. The highest BCUT2D eigenvalue weighted by Crippen LogP contribution is 2.21. The highest BCUT2D eigenvalue weighted by Gasteiger charge is 2.26. The molecule has 0 spiro atoms. The van der Waals surface area contributed by atoms with E-state index in [2.05, 4.69) is 9.38 Å². The van der Waals surface area contributed by atoms with Gasteiger partial charge in [-0.2, -0.15) is 0 Å². The summed E-state index contributed by atoms with van der Waals surface area (Å²) in [6, 6.07) is 9.36. The van der Waals surface area contributed by atoms with Gasteiger partial charge in [-0.15, -0.1) is 0 Å². The Kier molecular flexibility index (Phi) is 2.39. The van der Waals surface area contributed by atoms with Crippen molar-refractivity contribution in [3.63, 3.8) is 0 Å². The Balaban J connectivity index is 1.71. The monoisotopic (exact) mass is 267 g/mol. The molecular formula is C15H13N3O2. The van der Waals surface area contributed by atoms with Crippen LogP contribution in [0.5, 0.6) is 0 Å². The molecule has 4 rings (SSSR count). The lowest BCUT2D eigenvalue weighted by Gasteiger charge is -2.25. The predicted octanol–water partition coefficient (Wildman–Crippen LogP) is 2.13. The molecule has 0 fully saturated rings. The molecule has 0 saturated heterocycles. The molecule has 100 valence electrons. The second-order valence-corrected chi connectivity index (χ2v) is 4.89. The highest BCUT2D eigenvalue weighted by molar-refractivity contribution is 5.91. The minimum Gasteiger partial charge on any atom is -0.459 e. The van der Waals surface area contributed by atoms with Crippen molar-refractivity contribution >= 4 is 11.6 Å². The first-order valence-corrected chi connectivity index (χ1v) is 6.60. The molecule has 0 aromatic carbocycles. The van der Waals surface area contributed by atoms with Gasteiger partial charge in [0.15, 0.2) is 5.76 Å². The summed E-state index contributed by atoms with van der Waals surface area (Å²) in [5.74, 6) is 0.328. The lowest BCUT2D eigenvalue weighted by Crippen LogP contribution is -2.36. The molecule has 3 aromatic rings. The van der Waals surface area contributed by atoms with Gasteiger partial charge in [0.05, 0.1) is 24.2 Å². The smallest absolute Gasteiger partial charge is 0.289 e. The van der Waals surface area contributed by atoms with Crippen LogP contribution in [0.4, 0.5) is 0 Å². The third-order valence-electron chi connectivity index (χ3n) is 3.69. The van der Waals surface area contributed by atoms with E-state index in [0.717, 1.165) is 23.5 Å². The number of fused-ring (bicyclic) bond motifs is 3. The number of imidazole rings is 1. The normalized spacial score (nSPS) is 14.5. The van der Waals surface area contributed by atoms with Crippen LogP contribution in [-0.4, -0.2) is 26.7 Å². The minimum atomic E-state index is -0.0634. The summed E-state index contributed by atoms with van der Waals surface area (Å²) < 4.78 is 7.24. The van der Waals surface area contributed by atoms with E-state index in [1.165, 1.54) is 6.26 Å². The molecule has 0 N–H and O–H groups in total. The zero-order valence-corrected chi connectivity index (χ0v) is 10.8. The zero-order chi connectivity index (χ0) is 13.5. The molecule has 1 aliphatic heterocycles. The molecule has 0 bridgehead atoms. The van der Waals surface area contributed by atoms with Gasteiger partial charge in [0.2, 0.25) is 0 Å². The zero-order valence-electron chi connectivity index (χ0n) is 10.8. The van der Waals surface area contributed by atoms with Crippen LogP contribution in [0.25, 0.3) is 5.65 Å². The standard InChI is InChI=1S/C15H13N3O2/c19-15(13-4-3-9-20-13)17-8-6-11-12(10-17)18-7-2-1-5-14(18)16-11/h1-5,7,9H,6,8,10H2. The Morgan fingerprint density at radius 2 is 2.20 bits per heavy atom. The van der Waals surface area contributed by atoms with E-state index in [0.29, 0.717) is 18.8 Å². The van der Waals surface area contributed by atoms with Crippen LogP contribution >= 0.6 is 0 Å². The summed E-state index contributed by atoms with van der Waals surface area (Å²) in [6.07, 6.45) is 4.29. The fourth-order valence-corrected chi connectivity index (χ4v) is 2.69. The summed E-state index contributed by atoms with van der Waals surface area (Å²) in [7, 11) is 0. The van der Waals surface area contributed by atoms with E-state index >= 15 is 0 Å². The van der Waals surface area contributed by atoms with Crippen molar-refractivity contribution < 1.29 is 9.21 Å². The molecule has 20 heavy (non-hydrogen) atoms. The Morgan fingerprint density at radius 3 is 3.05 bits per heavy atom. The summed E-state index contributed by atoms with van der Waals surface area (Å²) in [6.45, 7) is 1.25. The second kappa shape index (κ2) is 4.23. The molecular weight excluding hydrogens is 254 g/mol. The van der Waals surface area contributed by atoms with Gasteiger partial charge in [0.25, 0.3) is 5.91 Å². The molecule has 0 saturated carbocycles. The number of rotatable bonds is 1. The van der Waals surface area contributed by atoms with Crippen molar-refractivity contribution in [3.05, 3.63) is 59.9 Å². The summed E-state index contributed by atoms with van der Waals surface area (Å²) in [5.41, 5.74) is 3.11. The molecule has 5 heteroatoms. The Labute approximate surface area is 115 Å². The van der Waals surface area contributed by atoms with E-state index in [1.807, 2.05) is 29.3 Å². The lowest BCUT2D eigenvalue weighted by atomic mass is 10.1. The van der Waals surface area contributed by atoms with Gasteiger partial charge in [-0.1, -0.05) is 6.07 Å². The first kappa shape index (κ1) is 11.3. The van der Waals surface area contributed by atoms with Crippen LogP contribution in [-0.2, 0) is 13.0 Å². The number of hydrogen-bond acceptors (Lipinski definition) is 3. The summed E-state index contributed by atoms with van der Waals surface area (Å²) >= 11 is 0. The number of pyridine rings is 1. The van der Waals surface area contributed by atoms with Gasteiger partial charge < -0.3 is 13.7 Å². The summed E-state index contributed by atoms with van der Waals surface area (Å²) in [4.78, 5) is 18.8. The molecule has 0 radical (unpaired) electrons. The SMILES string of the molecule is O=C(c1ccco1)N1CCc2nc3ccccn3c2C1. The van der Waals surface area contributed by atoms with Gasteiger partial charge >= 0.3 is 0 Å². The first-order valence-electron chi connectivity index (χ1n) is 6.60. The van der Waals surface area contributed by atoms with Crippen molar-refractivity contribution in [3.8, 4) is 0 Å². The van der Waals surface area contributed by atoms with Crippen LogP contribution in [0, 0.1) is 0 Å². The van der Waals surface area contributed by atoms with Crippen LogP contribution in [0.2, 0.25) is 0 Å². The molecule has 0 unspecified atom stereocenters. The van der Waals surface area contributed by atoms with Gasteiger partial charge in [0, 0.05) is 19.2 Å². The Hall–Kier alpha value is -2.56. The fourth-order valence-electron chi connectivity index (χ4n) is 2.69. The average Bonchev–Trinajstić information content (AvgIpc) is 3.13. The Bertz CT molecular complexity index is 774. The van der Waals surface area contributed by atoms with E-state index in [1.54, 1.807) is 12.1 Å². The highest BCUT2D eigenvalue weighted by atomic mass is 16.3. The molecule has 1 amide bonds. The van der Waals surface area contributed by atoms with Crippen LogP contribution in [0.1, 0.15) is 21.9 Å². The fraction of sp³-hybridized carbons (Fsp3) is 0.200. The largest absolute Gasteiger partial charge is 0.459 e. The number of furan rings is 1. The minimum absolute atomic E-state index is 0.0634. The van der Waals surface area contributed by atoms with Crippen LogP contribution < -0.4 is 0 Å². The number of nitrogens with zero attached hydrogens (tertiary/aromatic N) is 3. The number of carbonyl (C=O) groups excluding carboxylic acids is 1. The average molecular weight is 267 g/mol. The maximum absolute atomic E-state index is 12.3. The lowest BCUT2D eigenvalue weighted by molar-refractivity contribution is 0.0699. The van der Waals surface area contributed by atoms with Crippen molar-refractivity contribution in [2.45, 2.75) is 13.0 Å². The number of aromatic nitrogens is 2.